The summed E-state index contributed by atoms with van der Waals surface area (Å²) in [5, 5.41) is 0. The van der Waals surface area contributed by atoms with Gasteiger partial charge in [0, 0.05) is 19.3 Å². The van der Waals surface area contributed by atoms with Crippen LogP contribution in [0.1, 0.15) is 240 Å². The Labute approximate surface area is 317 Å². The summed E-state index contributed by atoms with van der Waals surface area (Å²) >= 11 is 0. The lowest BCUT2D eigenvalue weighted by molar-refractivity contribution is -0.167. The van der Waals surface area contributed by atoms with Gasteiger partial charge in [-0.1, -0.05) is 202 Å². The maximum absolute atomic E-state index is 12.6. The van der Waals surface area contributed by atoms with Gasteiger partial charge < -0.3 is 14.2 Å². The molecule has 1 atom stereocenters. The highest BCUT2D eigenvalue weighted by Gasteiger charge is 2.19. The molecule has 0 spiro atoms. The molecule has 6 nitrogen and oxygen atoms in total. The smallest absolute Gasteiger partial charge is 0.306 e. The van der Waals surface area contributed by atoms with Crippen molar-refractivity contribution >= 4 is 17.9 Å². The molecule has 0 radical (unpaired) electrons. The molecule has 0 aromatic carbocycles. The molecule has 0 aliphatic carbocycles. The predicted molar refractivity (Wildman–Crippen MR) is 215 cm³/mol. The number of hydrogen-bond donors (Lipinski definition) is 0. The Balaban J connectivity index is 4.27. The Kier molecular flexibility index (Phi) is 37.0. The Bertz CT molecular complexity index is 779. The van der Waals surface area contributed by atoms with Crippen molar-refractivity contribution in [3.8, 4) is 0 Å². The first kappa shape index (κ1) is 49.4. The number of rotatable bonds is 39. The third-order valence-electron chi connectivity index (χ3n) is 9.97. The molecule has 0 aliphatic heterocycles. The van der Waals surface area contributed by atoms with E-state index in [1.165, 1.54) is 128 Å². The lowest BCUT2D eigenvalue weighted by Gasteiger charge is -2.18. The van der Waals surface area contributed by atoms with Gasteiger partial charge in [-0.15, -0.1) is 0 Å². The van der Waals surface area contributed by atoms with Gasteiger partial charge >= 0.3 is 17.9 Å². The fourth-order valence-electron chi connectivity index (χ4n) is 6.58. The zero-order valence-corrected chi connectivity index (χ0v) is 34.7. The first-order chi connectivity index (χ1) is 24.7. The van der Waals surface area contributed by atoms with Gasteiger partial charge in [-0.2, -0.15) is 0 Å². The minimum absolute atomic E-state index is 0.0660. The lowest BCUT2D eigenvalue weighted by atomic mass is 10.0. The lowest BCUT2D eigenvalue weighted by Crippen LogP contribution is -2.30. The topological polar surface area (TPSA) is 78.9 Å². The maximum Gasteiger partial charge on any atom is 0.306 e. The third kappa shape index (κ3) is 39.5. The van der Waals surface area contributed by atoms with Gasteiger partial charge in [-0.3, -0.25) is 14.4 Å². The quantitative estimate of drug-likeness (QED) is 0.0357. The number of carbonyl (C=O) groups is 3. The molecule has 0 saturated carbocycles. The van der Waals surface area contributed by atoms with Crippen LogP contribution in [0.4, 0.5) is 0 Å². The largest absolute Gasteiger partial charge is 0.462 e. The summed E-state index contributed by atoms with van der Waals surface area (Å²) in [6, 6.07) is 0. The van der Waals surface area contributed by atoms with Crippen LogP contribution in [0.25, 0.3) is 0 Å². The van der Waals surface area contributed by atoms with Gasteiger partial charge in [0.15, 0.2) is 6.10 Å². The van der Waals surface area contributed by atoms with E-state index in [-0.39, 0.29) is 31.1 Å². The van der Waals surface area contributed by atoms with E-state index in [2.05, 4.69) is 34.6 Å². The van der Waals surface area contributed by atoms with Crippen LogP contribution in [0.15, 0.2) is 0 Å². The molecule has 6 heteroatoms. The van der Waals surface area contributed by atoms with Crippen LogP contribution in [-0.4, -0.2) is 37.2 Å². The summed E-state index contributed by atoms with van der Waals surface area (Å²) in [6.07, 6.45) is 35.3. The first-order valence-corrected chi connectivity index (χ1v) is 22.2. The van der Waals surface area contributed by atoms with Crippen molar-refractivity contribution in [2.45, 2.75) is 246 Å². The number of esters is 3. The highest BCUT2D eigenvalue weighted by atomic mass is 16.6. The molecule has 0 saturated heterocycles. The molecule has 0 heterocycles. The molecule has 0 amide bonds. The van der Waals surface area contributed by atoms with Crippen LogP contribution in [0.5, 0.6) is 0 Å². The molecule has 0 aromatic heterocycles. The van der Waals surface area contributed by atoms with Gasteiger partial charge in [0.25, 0.3) is 0 Å². The zero-order chi connectivity index (χ0) is 37.6. The maximum atomic E-state index is 12.6. The summed E-state index contributed by atoms with van der Waals surface area (Å²) in [7, 11) is 0. The van der Waals surface area contributed by atoms with E-state index < -0.39 is 6.10 Å². The molecule has 0 N–H and O–H groups in total. The van der Waals surface area contributed by atoms with Crippen molar-refractivity contribution in [1.82, 2.24) is 0 Å². The van der Waals surface area contributed by atoms with E-state index >= 15 is 0 Å². The van der Waals surface area contributed by atoms with Crippen LogP contribution in [-0.2, 0) is 28.6 Å². The number of hydrogen-bond acceptors (Lipinski definition) is 6. The Morgan fingerprint density at radius 1 is 0.373 bits per heavy atom. The van der Waals surface area contributed by atoms with E-state index in [0.717, 1.165) is 69.6 Å². The van der Waals surface area contributed by atoms with Gasteiger partial charge in [-0.05, 0) is 31.1 Å². The molecular weight excluding hydrogens is 636 g/mol. The number of unbranched alkanes of at least 4 members (excludes halogenated alkanes) is 24. The molecule has 0 bridgehead atoms. The second kappa shape index (κ2) is 38.1. The van der Waals surface area contributed by atoms with E-state index in [4.69, 9.17) is 14.2 Å². The van der Waals surface area contributed by atoms with Crippen LogP contribution in [0.3, 0.4) is 0 Å². The van der Waals surface area contributed by atoms with Crippen LogP contribution < -0.4 is 0 Å². The monoisotopic (exact) mass is 723 g/mol. The SMILES string of the molecule is CCCCCCCCCCCC(=O)OC[C@H](COC(=O)CCCCCCCCCCCCCCC(C)C)OC(=O)CCCCCCCCC(C)C. The van der Waals surface area contributed by atoms with Crippen LogP contribution in [0, 0.1) is 11.8 Å². The minimum Gasteiger partial charge on any atom is -0.462 e. The van der Waals surface area contributed by atoms with Crippen molar-refractivity contribution in [3.05, 3.63) is 0 Å². The van der Waals surface area contributed by atoms with Gasteiger partial charge in [-0.25, -0.2) is 0 Å². The molecule has 0 aromatic rings. The summed E-state index contributed by atoms with van der Waals surface area (Å²) in [6.45, 7) is 11.2. The van der Waals surface area contributed by atoms with Crippen molar-refractivity contribution in [1.29, 1.82) is 0 Å². The van der Waals surface area contributed by atoms with Crippen LogP contribution in [0.2, 0.25) is 0 Å². The van der Waals surface area contributed by atoms with Crippen molar-refractivity contribution < 1.29 is 28.6 Å². The van der Waals surface area contributed by atoms with E-state index in [1.807, 2.05) is 0 Å². The van der Waals surface area contributed by atoms with Gasteiger partial charge in [0.05, 0.1) is 0 Å². The highest BCUT2D eigenvalue weighted by molar-refractivity contribution is 5.71. The average molecular weight is 723 g/mol. The van der Waals surface area contributed by atoms with Crippen LogP contribution >= 0.6 is 0 Å². The summed E-state index contributed by atoms with van der Waals surface area (Å²) < 4.78 is 16.7. The molecular formula is C45H86O6. The van der Waals surface area contributed by atoms with Crippen molar-refractivity contribution in [2.75, 3.05) is 13.2 Å². The van der Waals surface area contributed by atoms with E-state index in [9.17, 15) is 14.4 Å². The van der Waals surface area contributed by atoms with Gasteiger partial charge in [0.2, 0.25) is 0 Å². The van der Waals surface area contributed by atoms with E-state index in [1.54, 1.807) is 0 Å². The number of carbonyl (C=O) groups excluding carboxylic acids is 3. The number of ether oxygens (including phenoxy) is 3. The fraction of sp³-hybridized carbons (Fsp3) is 0.933. The average Bonchev–Trinajstić information content (AvgIpc) is 3.09. The summed E-state index contributed by atoms with van der Waals surface area (Å²) in [5.74, 6) is 0.727. The molecule has 0 aliphatic rings. The first-order valence-electron chi connectivity index (χ1n) is 22.2. The molecule has 0 fully saturated rings. The molecule has 51 heavy (non-hydrogen) atoms. The summed E-state index contributed by atoms with van der Waals surface area (Å²) in [4.78, 5) is 37.6. The fourth-order valence-corrected chi connectivity index (χ4v) is 6.58. The molecule has 302 valence electrons. The van der Waals surface area contributed by atoms with Gasteiger partial charge in [0.1, 0.15) is 13.2 Å². The minimum atomic E-state index is -0.760. The Morgan fingerprint density at radius 2 is 0.647 bits per heavy atom. The Hall–Kier alpha value is -1.59. The van der Waals surface area contributed by atoms with Crippen molar-refractivity contribution in [2.24, 2.45) is 11.8 Å². The normalized spacial score (nSPS) is 12.1. The summed E-state index contributed by atoms with van der Waals surface area (Å²) in [5.41, 5.74) is 0. The molecule has 0 unspecified atom stereocenters. The second-order valence-electron chi connectivity index (χ2n) is 16.3. The molecule has 0 rings (SSSR count). The van der Waals surface area contributed by atoms with E-state index in [0.29, 0.717) is 19.3 Å². The highest BCUT2D eigenvalue weighted by Crippen LogP contribution is 2.16. The van der Waals surface area contributed by atoms with Crippen molar-refractivity contribution in [3.63, 3.8) is 0 Å². The predicted octanol–water partition coefficient (Wildman–Crippen LogP) is 13.8. The standard InChI is InChI=1S/C45H86O6/c1-6-7-8-9-10-15-19-25-30-35-43(46)49-38-42(51-45(48)37-32-27-22-21-24-29-34-41(4)5)39-50-44(47)36-31-26-20-17-14-12-11-13-16-18-23-28-33-40(2)3/h40-42H,6-39H2,1-5H3/t42-/m1/s1. The second-order valence-corrected chi connectivity index (χ2v) is 16.3. The Morgan fingerprint density at radius 3 is 0.961 bits per heavy atom. The third-order valence-corrected chi connectivity index (χ3v) is 9.97. The zero-order valence-electron chi connectivity index (χ0n) is 34.7.